The highest BCUT2D eigenvalue weighted by molar-refractivity contribution is 7.70. The number of aliphatic imine (C=N–C) groups is 1. The average molecular weight is 443 g/mol. The second kappa shape index (κ2) is 8.81. The minimum absolute atomic E-state index is 0.0999. The van der Waals surface area contributed by atoms with Crippen LogP contribution in [0.4, 0.5) is 0 Å². The van der Waals surface area contributed by atoms with E-state index >= 15 is 0 Å². The van der Waals surface area contributed by atoms with Crippen LogP contribution >= 0.6 is 8.07 Å². The first kappa shape index (κ1) is 21.4. The fourth-order valence-electron chi connectivity index (χ4n) is 4.54. The van der Waals surface area contributed by atoms with Crippen molar-refractivity contribution < 1.29 is 4.74 Å². The summed E-state index contributed by atoms with van der Waals surface area (Å²) in [7, 11) is -0.719. The Morgan fingerprint density at radius 2 is 1.38 bits per heavy atom. The molecule has 0 fully saturated rings. The van der Waals surface area contributed by atoms with Gasteiger partial charge in [0.25, 0.3) is 0 Å². The van der Waals surface area contributed by atoms with E-state index in [0.717, 1.165) is 18.9 Å². The molecule has 0 aliphatic carbocycles. The van der Waals surface area contributed by atoms with Crippen molar-refractivity contribution in [2.24, 2.45) is 10.4 Å². The molecule has 32 heavy (non-hydrogen) atoms. The predicted octanol–water partition coefficient (Wildman–Crippen LogP) is 5.30. The van der Waals surface area contributed by atoms with Crippen LogP contribution < -0.4 is 10.6 Å². The summed E-state index contributed by atoms with van der Waals surface area (Å²) >= 11 is 0. The maximum Gasteiger partial charge on any atom is 0.202 e. The molecule has 164 valence electrons. The molecule has 3 nitrogen and oxygen atoms in total. The number of benzene rings is 3. The van der Waals surface area contributed by atoms with E-state index < -0.39 is 8.07 Å². The van der Waals surface area contributed by atoms with E-state index in [1.807, 2.05) is 0 Å². The van der Waals surface area contributed by atoms with Crippen molar-refractivity contribution in [1.82, 2.24) is 4.67 Å². The number of hydrogen-bond acceptors (Lipinski definition) is 3. The van der Waals surface area contributed by atoms with E-state index in [4.69, 9.17) is 9.73 Å². The Morgan fingerprint density at radius 1 is 0.812 bits per heavy atom. The van der Waals surface area contributed by atoms with Crippen LogP contribution in [0.1, 0.15) is 31.9 Å². The van der Waals surface area contributed by atoms with E-state index in [9.17, 15) is 0 Å². The van der Waals surface area contributed by atoms with Crippen molar-refractivity contribution in [3.63, 3.8) is 0 Å². The van der Waals surface area contributed by atoms with Gasteiger partial charge in [0, 0.05) is 14.6 Å². The maximum atomic E-state index is 6.32. The topological polar surface area (TPSA) is 24.8 Å². The van der Waals surface area contributed by atoms with E-state index in [1.54, 1.807) is 0 Å². The highest BCUT2D eigenvalue weighted by Crippen LogP contribution is 2.45. The van der Waals surface area contributed by atoms with Gasteiger partial charge in [-0.1, -0.05) is 106 Å². The van der Waals surface area contributed by atoms with Gasteiger partial charge >= 0.3 is 0 Å². The normalized spacial score (nSPS) is 21.2. The van der Waals surface area contributed by atoms with Crippen LogP contribution in [-0.2, 0) is 17.7 Å². The fraction of sp³-hybridized carbons (Fsp3) is 0.321. The van der Waals surface area contributed by atoms with Gasteiger partial charge in [0.1, 0.15) is 6.61 Å². The van der Waals surface area contributed by atoms with Crippen molar-refractivity contribution in [2.45, 2.75) is 45.8 Å². The smallest absolute Gasteiger partial charge is 0.202 e. The van der Waals surface area contributed by atoms with Crippen LogP contribution in [0.2, 0.25) is 0 Å². The van der Waals surface area contributed by atoms with Gasteiger partial charge in [0.05, 0.1) is 12.1 Å². The number of fused-ring (bicyclic) bond motifs is 1. The summed E-state index contributed by atoms with van der Waals surface area (Å²) in [5.74, 6) is 0.916. The highest BCUT2D eigenvalue weighted by atomic mass is 31.1. The molecule has 0 unspecified atom stereocenters. The molecule has 0 saturated heterocycles. The maximum absolute atomic E-state index is 6.32. The first-order valence-electron chi connectivity index (χ1n) is 11.4. The predicted molar refractivity (Wildman–Crippen MR) is 135 cm³/mol. The monoisotopic (exact) mass is 442 g/mol. The minimum Gasteiger partial charge on any atom is -0.478 e. The molecule has 2 aliphatic rings. The van der Waals surface area contributed by atoms with Crippen LogP contribution in [0.15, 0.2) is 89.9 Å². The molecule has 5 rings (SSSR count). The zero-order chi connectivity index (χ0) is 22.1. The van der Waals surface area contributed by atoms with Gasteiger partial charge in [-0.15, -0.1) is 0 Å². The molecule has 2 aliphatic heterocycles. The Morgan fingerprint density at radius 3 is 1.94 bits per heavy atom. The number of nitrogens with zero attached hydrogens (tertiary/aromatic N) is 2. The Bertz CT molecular complexity index is 1050. The summed E-state index contributed by atoms with van der Waals surface area (Å²) in [5.41, 5.74) is 2.92. The lowest BCUT2D eigenvalue weighted by Crippen LogP contribution is -2.45. The van der Waals surface area contributed by atoms with Crippen LogP contribution in [0, 0.1) is 5.41 Å². The second-order valence-electron chi connectivity index (χ2n) is 9.73. The van der Waals surface area contributed by atoms with E-state index in [1.165, 1.54) is 21.7 Å². The first-order valence-corrected chi connectivity index (χ1v) is 12.7. The van der Waals surface area contributed by atoms with Gasteiger partial charge in [-0.2, -0.15) is 0 Å². The van der Waals surface area contributed by atoms with Crippen molar-refractivity contribution in [2.75, 3.05) is 6.61 Å². The van der Waals surface area contributed by atoms with Gasteiger partial charge in [0.2, 0.25) is 5.90 Å². The van der Waals surface area contributed by atoms with Gasteiger partial charge in [-0.3, -0.25) is 4.67 Å². The highest BCUT2D eigenvalue weighted by Gasteiger charge is 2.40. The van der Waals surface area contributed by atoms with Crippen molar-refractivity contribution >= 4 is 24.6 Å². The summed E-state index contributed by atoms with van der Waals surface area (Å²) in [5, 5.41) is 2.73. The first-order chi connectivity index (χ1) is 15.5. The summed E-state index contributed by atoms with van der Waals surface area (Å²) < 4.78 is 8.98. The third-order valence-electron chi connectivity index (χ3n) is 6.44. The zero-order valence-corrected chi connectivity index (χ0v) is 20.0. The Hall–Kier alpha value is -2.48. The van der Waals surface area contributed by atoms with Crippen LogP contribution in [0.25, 0.3) is 0 Å². The van der Waals surface area contributed by atoms with Gasteiger partial charge in [0.15, 0.2) is 0 Å². The molecule has 2 heterocycles. The molecule has 0 saturated carbocycles. The Labute approximate surface area is 193 Å². The van der Waals surface area contributed by atoms with Crippen molar-refractivity contribution in [3.05, 3.63) is 96.1 Å². The molecule has 0 bridgehead atoms. The lowest BCUT2D eigenvalue weighted by Gasteiger charge is -2.41. The third-order valence-corrected chi connectivity index (χ3v) is 8.95. The lowest BCUT2D eigenvalue weighted by atomic mass is 9.88. The van der Waals surface area contributed by atoms with E-state index in [2.05, 4.69) is 110 Å². The van der Waals surface area contributed by atoms with Crippen molar-refractivity contribution in [3.8, 4) is 0 Å². The second-order valence-corrected chi connectivity index (χ2v) is 11.9. The molecule has 0 spiro atoms. The summed E-state index contributed by atoms with van der Waals surface area (Å²) in [6, 6.07) is 31.1. The largest absolute Gasteiger partial charge is 0.478 e. The van der Waals surface area contributed by atoms with E-state index in [0.29, 0.717) is 6.61 Å². The molecule has 0 radical (unpaired) electrons. The Balaban J connectivity index is 1.61. The van der Waals surface area contributed by atoms with Crippen LogP contribution in [-0.4, -0.2) is 29.3 Å². The molecule has 0 N–H and O–H groups in total. The van der Waals surface area contributed by atoms with Gasteiger partial charge < -0.3 is 4.74 Å². The molecular weight excluding hydrogens is 411 g/mol. The SMILES string of the molecule is CC(C)(C)[C@H]1COC([C@@H]2Cc3ccccc3CN2P(c2ccccc2)c2ccccc2)=N1. The van der Waals surface area contributed by atoms with E-state index in [-0.39, 0.29) is 17.5 Å². The fourth-order valence-corrected chi connectivity index (χ4v) is 7.09. The molecule has 4 heteroatoms. The molecule has 3 aromatic rings. The van der Waals surface area contributed by atoms with Crippen LogP contribution in [0.5, 0.6) is 0 Å². The lowest BCUT2D eigenvalue weighted by molar-refractivity contribution is 0.222. The van der Waals surface area contributed by atoms with Crippen LogP contribution in [0.3, 0.4) is 0 Å². The molecule has 0 aromatic heterocycles. The number of rotatable bonds is 4. The average Bonchev–Trinajstić information content (AvgIpc) is 3.31. The molecule has 0 amide bonds. The van der Waals surface area contributed by atoms with Gasteiger partial charge in [-0.05, 0) is 33.6 Å². The standard InChI is InChI=1S/C28H31N2OP/c1-28(2,3)26-20-31-27(29-26)25-18-21-12-10-11-13-22(21)19-30(25)32(23-14-6-4-7-15-23)24-16-8-5-9-17-24/h4-17,25-26H,18-20H2,1-3H3/t25-,26+/m0/s1. The zero-order valence-electron chi connectivity index (χ0n) is 19.1. The van der Waals surface area contributed by atoms with Gasteiger partial charge in [-0.25, -0.2) is 4.99 Å². The molecule has 2 atom stereocenters. The Kier molecular flexibility index (Phi) is 5.88. The minimum atomic E-state index is -0.719. The number of hydrogen-bond donors (Lipinski definition) is 0. The quantitative estimate of drug-likeness (QED) is 0.512. The summed E-state index contributed by atoms with van der Waals surface area (Å²) in [4.78, 5) is 5.14. The third kappa shape index (κ3) is 4.25. The van der Waals surface area contributed by atoms with Crippen molar-refractivity contribution in [1.29, 1.82) is 0 Å². The molecule has 3 aromatic carbocycles. The summed E-state index contributed by atoms with van der Waals surface area (Å²) in [6.45, 7) is 8.34. The number of ether oxygens (including phenoxy) is 1. The summed E-state index contributed by atoms with van der Waals surface area (Å²) in [6.07, 6.45) is 0.935. The molecular formula is C28H31N2OP.